The van der Waals surface area contributed by atoms with Crippen LogP contribution in [0.1, 0.15) is 38.2 Å². The first-order valence-corrected chi connectivity index (χ1v) is 6.31. The highest BCUT2D eigenvalue weighted by molar-refractivity contribution is 5.95. The van der Waals surface area contributed by atoms with Crippen molar-refractivity contribution >= 4 is 11.6 Å². The zero-order valence-electron chi connectivity index (χ0n) is 10.5. The molecule has 92 valence electrons. The third-order valence-electron chi connectivity index (χ3n) is 3.22. The van der Waals surface area contributed by atoms with Gasteiger partial charge in [-0.1, -0.05) is 26.0 Å². The Morgan fingerprint density at radius 2 is 2.06 bits per heavy atom. The van der Waals surface area contributed by atoms with E-state index in [9.17, 15) is 4.79 Å². The first-order valence-electron chi connectivity index (χ1n) is 6.31. The predicted molar refractivity (Wildman–Crippen MR) is 70.2 cm³/mol. The second kappa shape index (κ2) is 5.32. The molecule has 2 rings (SSSR count). The minimum atomic E-state index is -0.0141. The lowest BCUT2D eigenvalue weighted by atomic mass is 10.0. The second-order valence-electron chi connectivity index (χ2n) is 4.91. The van der Waals surface area contributed by atoms with Crippen molar-refractivity contribution in [3.8, 4) is 0 Å². The summed E-state index contributed by atoms with van der Waals surface area (Å²) < 4.78 is 0. The fourth-order valence-corrected chi connectivity index (χ4v) is 2.09. The highest BCUT2D eigenvalue weighted by Gasteiger charge is 2.21. The van der Waals surface area contributed by atoms with Crippen molar-refractivity contribution in [3.05, 3.63) is 29.8 Å². The SMILES string of the molecule is CC(C)c1ccc(NC(=O)C2CCCN2)cc1. The number of carbonyl (C=O) groups is 1. The van der Waals surface area contributed by atoms with Crippen LogP contribution in [0.5, 0.6) is 0 Å². The van der Waals surface area contributed by atoms with Crippen molar-refractivity contribution < 1.29 is 4.79 Å². The Labute approximate surface area is 103 Å². The molecule has 0 bridgehead atoms. The molecule has 1 aromatic rings. The number of benzene rings is 1. The summed E-state index contributed by atoms with van der Waals surface area (Å²) in [4.78, 5) is 11.9. The molecule has 3 heteroatoms. The van der Waals surface area contributed by atoms with Crippen molar-refractivity contribution in [2.24, 2.45) is 0 Å². The average Bonchev–Trinajstić information content (AvgIpc) is 2.83. The van der Waals surface area contributed by atoms with Crippen LogP contribution in [0.4, 0.5) is 5.69 Å². The summed E-state index contributed by atoms with van der Waals surface area (Å²) in [6, 6.07) is 8.08. The number of rotatable bonds is 3. The molecule has 1 atom stereocenters. The molecule has 0 aliphatic carbocycles. The highest BCUT2D eigenvalue weighted by Crippen LogP contribution is 2.17. The number of hydrogen-bond acceptors (Lipinski definition) is 2. The Hall–Kier alpha value is -1.35. The summed E-state index contributed by atoms with van der Waals surface area (Å²) in [5.41, 5.74) is 2.18. The van der Waals surface area contributed by atoms with Crippen molar-refractivity contribution in [2.75, 3.05) is 11.9 Å². The third kappa shape index (κ3) is 3.07. The lowest BCUT2D eigenvalue weighted by molar-refractivity contribution is -0.117. The summed E-state index contributed by atoms with van der Waals surface area (Å²) >= 11 is 0. The van der Waals surface area contributed by atoms with E-state index in [1.165, 1.54) is 5.56 Å². The number of hydrogen-bond donors (Lipinski definition) is 2. The van der Waals surface area contributed by atoms with E-state index < -0.39 is 0 Å². The minimum absolute atomic E-state index is 0.0141. The first kappa shape index (κ1) is 12.1. The Kier molecular flexibility index (Phi) is 3.79. The largest absolute Gasteiger partial charge is 0.325 e. The van der Waals surface area contributed by atoms with Crippen molar-refractivity contribution in [1.82, 2.24) is 5.32 Å². The van der Waals surface area contributed by atoms with Gasteiger partial charge < -0.3 is 10.6 Å². The third-order valence-corrected chi connectivity index (χ3v) is 3.22. The minimum Gasteiger partial charge on any atom is -0.325 e. The molecule has 1 aromatic carbocycles. The zero-order chi connectivity index (χ0) is 12.3. The smallest absolute Gasteiger partial charge is 0.241 e. The molecule has 17 heavy (non-hydrogen) atoms. The van der Waals surface area contributed by atoms with Crippen LogP contribution in [-0.2, 0) is 4.79 Å². The van der Waals surface area contributed by atoms with Gasteiger partial charge in [0.15, 0.2) is 0 Å². The molecule has 1 saturated heterocycles. The Balaban J connectivity index is 1.96. The lowest BCUT2D eigenvalue weighted by Crippen LogP contribution is -2.35. The average molecular weight is 232 g/mol. The van der Waals surface area contributed by atoms with Gasteiger partial charge in [-0.05, 0) is 43.0 Å². The lowest BCUT2D eigenvalue weighted by Gasteiger charge is -2.12. The second-order valence-corrected chi connectivity index (χ2v) is 4.91. The summed E-state index contributed by atoms with van der Waals surface area (Å²) in [5.74, 6) is 0.607. The van der Waals surface area contributed by atoms with E-state index in [4.69, 9.17) is 0 Å². The fourth-order valence-electron chi connectivity index (χ4n) is 2.09. The topological polar surface area (TPSA) is 41.1 Å². The van der Waals surface area contributed by atoms with E-state index in [0.717, 1.165) is 25.1 Å². The Morgan fingerprint density at radius 1 is 1.35 bits per heavy atom. The van der Waals surface area contributed by atoms with Crippen molar-refractivity contribution in [1.29, 1.82) is 0 Å². The maximum absolute atomic E-state index is 11.9. The zero-order valence-corrected chi connectivity index (χ0v) is 10.5. The van der Waals surface area contributed by atoms with E-state index in [1.54, 1.807) is 0 Å². The van der Waals surface area contributed by atoms with Gasteiger partial charge in [0.1, 0.15) is 0 Å². The molecule has 0 saturated carbocycles. The van der Waals surface area contributed by atoms with Crippen LogP contribution in [-0.4, -0.2) is 18.5 Å². The van der Waals surface area contributed by atoms with Gasteiger partial charge in [0.25, 0.3) is 0 Å². The molecule has 0 radical (unpaired) electrons. The molecule has 0 aromatic heterocycles. The van der Waals surface area contributed by atoms with E-state index in [2.05, 4.69) is 36.6 Å². The molecule has 1 aliphatic heterocycles. The van der Waals surface area contributed by atoms with Crippen LogP contribution in [0, 0.1) is 0 Å². The summed E-state index contributed by atoms with van der Waals surface area (Å²) in [6.45, 7) is 5.27. The van der Waals surface area contributed by atoms with Crippen LogP contribution in [0.3, 0.4) is 0 Å². The van der Waals surface area contributed by atoms with Crippen molar-refractivity contribution in [2.45, 2.75) is 38.6 Å². The van der Waals surface area contributed by atoms with Gasteiger partial charge in [-0.15, -0.1) is 0 Å². The van der Waals surface area contributed by atoms with E-state index in [0.29, 0.717) is 5.92 Å². The van der Waals surface area contributed by atoms with E-state index >= 15 is 0 Å². The van der Waals surface area contributed by atoms with Gasteiger partial charge in [-0.2, -0.15) is 0 Å². The highest BCUT2D eigenvalue weighted by atomic mass is 16.2. The monoisotopic (exact) mass is 232 g/mol. The van der Waals surface area contributed by atoms with Crippen LogP contribution in [0.25, 0.3) is 0 Å². The predicted octanol–water partition coefficient (Wildman–Crippen LogP) is 2.50. The molecule has 0 spiro atoms. The molecule has 2 N–H and O–H groups in total. The Bertz CT molecular complexity index is 378. The van der Waals surface area contributed by atoms with Gasteiger partial charge in [-0.3, -0.25) is 4.79 Å². The molecule has 1 amide bonds. The van der Waals surface area contributed by atoms with Gasteiger partial charge in [0.2, 0.25) is 5.91 Å². The first-order chi connectivity index (χ1) is 8.16. The van der Waals surface area contributed by atoms with Gasteiger partial charge in [-0.25, -0.2) is 0 Å². The maximum Gasteiger partial charge on any atom is 0.241 e. The molecule has 1 heterocycles. The number of carbonyl (C=O) groups excluding carboxylic acids is 1. The standard InChI is InChI=1S/C14H20N2O/c1-10(2)11-5-7-12(8-6-11)16-14(17)13-4-3-9-15-13/h5-8,10,13,15H,3-4,9H2,1-2H3,(H,16,17). The van der Waals surface area contributed by atoms with Gasteiger partial charge >= 0.3 is 0 Å². The van der Waals surface area contributed by atoms with Gasteiger partial charge in [0, 0.05) is 5.69 Å². The number of nitrogens with one attached hydrogen (secondary N) is 2. The van der Waals surface area contributed by atoms with Crippen molar-refractivity contribution in [3.63, 3.8) is 0 Å². The normalized spacial score (nSPS) is 19.6. The number of anilines is 1. The summed E-state index contributed by atoms with van der Waals surface area (Å²) in [7, 11) is 0. The molecular weight excluding hydrogens is 212 g/mol. The maximum atomic E-state index is 11.9. The quantitative estimate of drug-likeness (QED) is 0.840. The van der Waals surface area contributed by atoms with Crippen LogP contribution in [0.15, 0.2) is 24.3 Å². The summed E-state index contributed by atoms with van der Waals surface area (Å²) in [6.07, 6.45) is 2.03. The van der Waals surface area contributed by atoms with Gasteiger partial charge in [0.05, 0.1) is 6.04 Å². The Morgan fingerprint density at radius 3 is 2.59 bits per heavy atom. The van der Waals surface area contributed by atoms with E-state index in [-0.39, 0.29) is 11.9 Å². The van der Waals surface area contributed by atoms with Crippen LogP contribution in [0.2, 0.25) is 0 Å². The van der Waals surface area contributed by atoms with Crippen LogP contribution >= 0.6 is 0 Å². The molecule has 1 aliphatic rings. The van der Waals surface area contributed by atoms with E-state index in [1.807, 2.05) is 12.1 Å². The molecule has 1 unspecified atom stereocenters. The molecular formula is C14H20N2O. The fraction of sp³-hybridized carbons (Fsp3) is 0.500. The molecule has 3 nitrogen and oxygen atoms in total. The summed E-state index contributed by atoms with van der Waals surface area (Å²) in [5, 5.41) is 6.14. The molecule has 1 fully saturated rings. The number of amides is 1. The van der Waals surface area contributed by atoms with Crippen LogP contribution < -0.4 is 10.6 Å².